The molecule has 1 saturated carbocycles. The summed E-state index contributed by atoms with van der Waals surface area (Å²) in [6.07, 6.45) is 8.18. The fourth-order valence-corrected chi connectivity index (χ4v) is 4.52. The lowest BCUT2D eigenvalue weighted by molar-refractivity contribution is 0.0746. The average Bonchev–Trinajstić information content (AvgIpc) is 2.89. The van der Waals surface area contributed by atoms with E-state index in [1.807, 2.05) is 0 Å². The van der Waals surface area contributed by atoms with Gasteiger partial charge in [-0.2, -0.15) is 0 Å². The third kappa shape index (κ3) is 3.14. The Hall–Kier alpha value is -0.120. The number of rotatable bonds is 3. The molecular formula is C16H31N3. The first-order chi connectivity index (χ1) is 9.26. The lowest BCUT2D eigenvalue weighted by Gasteiger charge is -2.42. The van der Waals surface area contributed by atoms with E-state index in [1.165, 1.54) is 71.2 Å². The molecule has 0 amide bonds. The zero-order valence-corrected chi connectivity index (χ0v) is 12.6. The van der Waals surface area contributed by atoms with Crippen molar-refractivity contribution >= 4 is 0 Å². The van der Waals surface area contributed by atoms with E-state index >= 15 is 0 Å². The van der Waals surface area contributed by atoms with Gasteiger partial charge in [0.15, 0.2) is 0 Å². The molecule has 0 spiro atoms. The molecule has 19 heavy (non-hydrogen) atoms. The molecule has 3 fully saturated rings. The van der Waals surface area contributed by atoms with Gasteiger partial charge in [0.2, 0.25) is 0 Å². The van der Waals surface area contributed by atoms with Crippen molar-refractivity contribution in [2.75, 3.05) is 32.7 Å². The Morgan fingerprint density at radius 3 is 2.84 bits per heavy atom. The lowest BCUT2D eigenvalue weighted by Crippen LogP contribution is -2.53. The van der Waals surface area contributed by atoms with Crippen LogP contribution in [0.2, 0.25) is 0 Å². The van der Waals surface area contributed by atoms with Crippen LogP contribution < -0.4 is 5.73 Å². The highest BCUT2D eigenvalue weighted by Crippen LogP contribution is 2.31. The van der Waals surface area contributed by atoms with Crippen LogP contribution in [0.15, 0.2) is 0 Å². The predicted octanol–water partition coefficient (Wildman–Crippen LogP) is 1.92. The zero-order chi connectivity index (χ0) is 13.2. The van der Waals surface area contributed by atoms with Gasteiger partial charge >= 0.3 is 0 Å². The molecule has 3 nitrogen and oxygen atoms in total. The maximum atomic E-state index is 6.38. The summed E-state index contributed by atoms with van der Waals surface area (Å²) in [5.74, 6) is 1.70. The third-order valence-corrected chi connectivity index (χ3v) is 5.89. The van der Waals surface area contributed by atoms with Crippen molar-refractivity contribution in [3.8, 4) is 0 Å². The molecule has 2 aliphatic heterocycles. The topological polar surface area (TPSA) is 32.5 Å². The first-order valence-electron chi connectivity index (χ1n) is 8.48. The van der Waals surface area contributed by atoms with E-state index < -0.39 is 0 Å². The van der Waals surface area contributed by atoms with Gasteiger partial charge in [-0.15, -0.1) is 0 Å². The van der Waals surface area contributed by atoms with E-state index in [2.05, 4.69) is 16.7 Å². The van der Waals surface area contributed by atoms with Crippen molar-refractivity contribution in [2.45, 2.75) is 57.5 Å². The second-order valence-corrected chi connectivity index (χ2v) is 7.10. The monoisotopic (exact) mass is 265 g/mol. The summed E-state index contributed by atoms with van der Waals surface area (Å²) in [4.78, 5) is 5.42. The average molecular weight is 265 g/mol. The molecule has 3 heteroatoms. The molecule has 0 aromatic heterocycles. The first-order valence-corrected chi connectivity index (χ1v) is 8.48. The Morgan fingerprint density at radius 1 is 1.11 bits per heavy atom. The van der Waals surface area contributed by atoms with E-state index in [4.69, 9.17) is 5.73 Å². The molecule has 4 atom stereocenters. The van der Waals surface area contributed by atoms with Crippen LogP contribution in [0.5, 0.6) is 0 Å². The molecule has 3 rings (SSSR count). The van der Waals surface area contributed by atoms with Crippen LogP contribution in [-0.4, -0.2) is 54.6 Å². The van der Waals surface area contributed by atoms with Crippen LogP contribution in [0.3, 0.4) is 0 Å². The largest absolute Gasteiger partial charge is 0.327 e. The van der Waals surface area contributed by atoms with E-state index in [9.17, 15) is 0 Å². The van der Waals surface area contributed by atoms with Gasteiger partial charge in [0.1, 0.15) is 0 Å². The molecule has 0 bridgehead atoms. The number of nitrogens with zero attached hydrogens (tertiary/aromatic N) is 2. The molecule has 4 unspecified atom stereocenters. The van der Waals surface area contributed by atoms with Crippen molar-refractivity contribution in [3.63, 3.8) is 0 Å². The second kappa shape index (κ2) is 6.11. The summed E-state index contributed by atoms with van der Waals surface area (Å²) < 4.78 is 0. The molecule has 0 radical (unpaired) electrons. The highest BCUT2D eigenvalue weighted by molar-refractivity contribution is 4.90. The zero-order valence-electron chi connectivity index (χ0n) is 12.6. The standard InChI is InChI=1S/C16H31N3/c1-2-13-5-6-16(17)14(10-13)11-18-8-9-19-7-3-4-15(19)12-18/h13-16H,2-12,17H2,1H3. The van der Waals surface area contributed by atoms with Gasteiger partial charge in [0.25, 0.3) is 0 Å². The van der Waals surface area contributed by atoms with E-state index in [1.54, 1.807) is 0 Å². The summed E-state index contributed by atoms with van der Waals surface area (Å²) in [7, 11) is 0. The highest BCUT2D eigenvalue weighted by atomic mass is 15.3. The number of piperazine rings is 1. The van der Waals surface area contributed by atoms with Crippen LogP contribution >= 0.6 is 0 Å². The van der Waals surface area contributed by atoms with Crippen molar-refractivity contribution < 1.29 is 0 Å². The van der Waals surface area contributed by atoms with Gasteiger partial charge in [0.05, 0.1) is 0 Å². The smallest absolute Gasteiger partial charge is 0.0224 e. The number of fused-ring (bicyclic) bond motifs is 1. The number of nitrogens with two attached hydrogens (primary N) is 1. The fourth-order valence-electron chi connectivity index (χ4n) is 4.52. The molecular weight excluding hydrogens is 234 g/mol. The Morgan fingerprint density at radius 2 is 2.00 bits per heavy atom. The van der Waals surface area contributed by atoms with Crippen molar-refractivity contribution in [1.82, 2.24) is 9.80 Å². The van der Waals surface area contributed by atoms with Crippen LogP contribution in [0, 0.1) is 11.8 Å². The summed E-state index contributed by atoms with van der Waals surface area (Å²) in [6.45, 7) is 8.83. The quantitative estimate of drug-likeness (QED) is 0.846. The molecule has 2 N–H and O–H groups in total. The van der Waals surface area contributed by atoms with Crippen molar-refractivity contribution in [3.05, 3.63) is 0 Å². The number of hydrogen-bond acceptors (Lipinski definition) is 3. The van der Waals surface area contributed by atoms with Crippen molar-refractivity contribution in [2.24, 2.45) is 17.6 Å². The first kappa shape index (κ1) is 13.8. The Bertz CT molecular complexity index is 294. The Labute approximate surface area is 118 Å². The van der Waals surface area contributed by atoms with Crippen LogP contribution in [0.4, 0.5) is 0 Å². The van der Waals surface area contributed by atoms with Gasteiger partial charge in [-0.05, 0) is 50.5 Å². The molecule has 110 valence electrons. The predicted molar refractivity (Wildman–Crippen MR) is 80.1 cm³/mol. The summed E-state index contributed by atoms with van der Waals surface area (Å²) in [5, 5.41) is 0. The fraction of sp³-hybridized carbons (Fsp3) is 1.00. The minimum atomic E-state index is 0.462. The SMILES string of the molecule is CCC1CCC(N)C(CN2CCN3CCCC3C2)C1. The van der Waals surface area contributed by atoms with Gasteiger partial charge in [-0.3, -0.25) is 4.90 Å². The van der Waals surface area contributed by atoms with E-state index in [-0.39, 0.29) is 0 Å². The molecule has 1 aliphatic carbocycles. The van der Waals surface area contributed by atoms with Crippen LogP contribution in [-0.2, 0) is 0 Å². The number of hydrogen-bond donors (Lipinski definition) is 1. The summed E-state index contributed by atoms with van der Waals surface area (Å²) >= 11 is 0. The van der Waals surface area contributed by atoms with Crippen LogP contribution in [0.25, 0.3) is 0 Å². The van der Waals surface area contributed by atoms with Gasteiger partial charge in [-0.1, -0.05) is 13.3 Å². The Balaban J connectivity index is 1.52. The highest BCUT2D eigenvalue weighted by Gasteiger charge is 2.33. The molecule has 3 aliphatic rings. The maximum Gasteiger partial charge on any atom is 0.0224 e. The van der Waals surface area contributed by atoms with Gasteiger partial charge < -0.3 is 10.6 Å². The minimum Gasteiger partial charge on any atom is -0.327 e. The minimum absolute atomic E-state index is 0.462. The summed E-state index contributed by atoms with van der Waals surface area (Å²) in [6, 6.07) is 1.32. The van der Waals surface area contributed by atoms with E-state index in [0.717, 1.165) is 17.9 Å². The second-order valence-electron chi connectivity index (χ2n) is 7.10. The van der Waals surface area contributed by atoms with Crippen LogP contribution in [0.1, 0.15) is 45.4 Å². The maximum absolute atomic E-state index is 6.38. The molecule has 2 saturated heterocycles. The van der Waals surface area contributed by atoms with Gasteiger partial charge in [0, 0.05) is 38.3 Å². The summed E-state index contributed by atoms with van der Waals surface area (Å²) in [5.41, 5.74) is 6.38. The molecule has 2 heterocycles. The van der Waals surface area contributed by atoms with Crippen molar-refractivity contribution in [1.29, 1.82) is 0 Å². The molecule has 0 aromatic rings. The Kier molecular flexibility index (Phi) is 4.45. The van der Waals surface area contributed by atoms with E-state index in [0.29, 0.717) is 6.04 Å². The normalized spacial score (nSPS) is 41.4. The molecule has 0 aromatic carbocycles. The third-order valence-electron chi connectivity index (χ3n) is 5.89. The lowest BCUT2D eigenvalue weighted by atomic mass is 9.77. The van der Waals surface area contributed by atoms with Gasteiger partial charge in [-0.25, -0.2) is 0 Å².